The lowest BCUT2D eigenvalue weighted by Crippen LogP contribution is -2.50. The van der Waals surface area contributed by atoms with Crippen LogP contribution in [0.1, 0.15) is 33.6 Å². The standard InChI is InChI=1S/C10H20N2O2/c1-10(2,3)12-6-4-8(5-7-12)11-9(13)14/h8,11H,4-7H2,1-3H3,(H,13,14). The summed E-state index contributed by atoms with van der Waals surface area (Å²) in [6.45, 7) is 8.54. The molecule has 1 aliphatic rings. The fourth-order valence-electron chi connectivity index (χ4n) is 1.87. The first-order valence-electron chi connectivity index (χ1n) is 5.14. The van der Waals surface area contributed by atoms with Gasteiger partial charge in [0, 0.05) is 24.7 Å². The predicted molar refractivity (Wildman–Crippen MR) is 55.5 cm³/mol. The Morgan fingerprint density at radius 3 is 2.21 bits per heavy atom. The topological polar surface area (TPSA) is 52.6 Å². The summed E-state index contributed by atoms with van der Waals surface area (Å²) in [6, 6.07) is 0.145. The van der Waals surface area contributed by atoms with E-state index in [1.54, 1.807) is 0 Å². The van der Waals surface area contributed by atoms with Crippen molar-refractivity contribution in [3.63, 3.8) is 0 Å². The third-order valence-corrected chi connectivity index (χ3v) is 2.77. The van der Waals surface area contributed by atoms with Crippen LogP contribution < -0.4 is 5.32 Å². The monoisotopic (exact) mass is 200 g/mol. The van der Waals surface area contributed by atoms with Crippen molar-refractivity contribution in [1.82, 2.24) is 10.2 Å². The number of hydrogen-bond donors (Lipinski definition) is 2. The number of amides is 1. The average Bonchev–Trinajstić information content (AvgIpc) is 2.02. The van der Waals surface area contributed by atoms with Gasteiger partial charge in [0.05, 0.1) is 0 Å². The molecule has 0 radical (unpaired) electrons. The molecular formula is C10H20N2O2. The van der Waals surface area contributed by atoms with Gasteiger partial charge >= 0.3 is 6.09 Å². The Bertz CT molecular complexity index is 203. The SMILES string of the molecule is CC(C)(C)N1CCC(NC(=O)O)CC1. The van der Waals surface area contributed by atoms with E-state index in [0.717, 1.165) is 25.9 Å². The molecule has 1 aliphatic heterocycles. The van der Waals surface area contributed by atoms with Gasteiger partial charge in [-0.1, -0.05) is 0 Å². The molecule has 1 saturated heterocycles. The first kappa shape index (κ1) is 11.3. The quantitative estimate of drug-likeness (QED) is 0.674. The first-order chi connectivity index (χ1) is 6.39. The minimum absolute atomic E-state index is 0.145. The van der Waals surface area contributed by atoms with Gasteiger partial charge in [-0.3, -0.25) is 4.90 Å². The number of rotatable bonds is 1. The number of hydrogen-bond acceptors (Lipinski definition) is 2. The molecule has 0 aromatic carbocycles. The molecule has 2 N–H and O–H groups in total. The molecule has 0 aliphatic carbocycles. The smallest absolute Gasteiger partial charge is 0.404 e. The maximum absolute atomic E-state index is 10.4. The van der Waals surface area contributed by atoms with Crippen LogP contribution in [-0.2, 0) is 0 Å². The summed E-state index contributed by atoms with van der Waals surface area (Å²) in [5.41, 5.74) is 0.203. The van der Waals surface area contributed by atoms with Crippen molar-refractivity contribution in [2.45, 2.75) is 45.2 Å². The minimum atomic E-state index is -0.904. The molecular weight excluding hydrogens is 180 g/mol. The van der Waals surface area contributed by atoms with Crippen LogP contribution in [0.4, 0.5) is 4.79 Å². The number of carboxylic acid groups (broad SMARTS) is 1. The average molecular weight is 200 g/mol. The highest BCUT2D eigenvalue weighted by molar-refractivity contribution is 5.64. The highest BCUT2D eigenvalue weighted by atomic mass is 16.4. The fourth-order valence-corrected chi connectivity index (χ4v) is 1.87. The number of nitrogens with zero attached hydrogens (tertiary/aromatic N) is 1. The zero-order chi connectivity index (χ0) is 10.8. The summed E-state index contributed by atoms with van der Waals surface area (Å²) in [4.78, 5) is 12.8. The van der Waals surface area contributed by atoms with Gasteiger partial charge in [0.2, 0.25) is 0 Å². The van der Waals surface area contributed by atoms with E-state index in [1.807, 2.05) is 0 Å². The molecule has 0 aromatic rings. The van der Waals surface area contributed by atoms with Gasteiger partial charge < -0.3 is 10.4 Å². The van der Waals surface area contributed by atoms with Crippen molar-refractivity contribution in [3.05, 3.63) is 0 Å². The maximum atomic E-state index is 10.4. The van der Waals surface area contributed by atoms with Crippen LogP contribution in [0.2, 0.25) is 0 Å². The van der Waals surface area contributed by atoms with Gasteiger partial charge in [0.1, 0.15) is 0 Å². The fraction of sp³-hybridized carbons (Fsp3) is 0.900. The Morgan fingerprint density at radius 2 is 1.86 bits per heavy atom. The number of piperidine rings is 1. The highest BCUT2D eigenvalue weighted by Crippen LogP contribution is 2.19. The summed E-state index contributed by atoms with van der Waals surface area (Å²) in [5.74, 6) is 0. The van der Waals surface area contributed by atoms with E-state index in [4.69, 9.17) is 5.11 Å². The zero-order valence-corrected chi connectivity index (χ0v) is 9.21. The van der Waals surface area contributed by atoms with Crippen LogP contribution in [0.25, 0.3) is 0 Å². The van der Waals surface area contributed by atoms with Crippen molar-refractivity contribution in [3.8, 4) is 0 Å². The van der Waals surface area contributed by atoms with Crippen molar-refractivity contribution in [1.29, 1.82) is 0 Å². The minimum Gasteiger partial charge on any atom is -0.465 e. The molecule has 4 nitrogen and oxygen atoms in total. The van der Waals surface area contributed by atoms with Crippen LogP contribution in [0.5, 0.6) is 0 Å². The van der Waals surface area contributed by atoms with Gasteiger partial charge in [-0.05, 0) is 33.6 Å². The summed E-state index contributed by atoms with van der Waals surface area (Å²) >= 11 is 0. The summed E-state index contributed by atoms with van der Waals surface area (Å²) in [6.07, 6.45) is 0.937. The Balaban J connectivity index is 2.35. The second-order valence-corrected chi connectivity index (χ2v) is 4.88. The molecule has 0 aromatic heterocycles. The summed E-state index contributed by atoms with van der Waals surface area (Å²) < 4.78 is 0. The molecule has 14 heavy (non-hydrogen) atoms. The van der Waals surface area contributed by atoms with Crippen LogP contribution >= 0.6 is 0 Å². The second-order valence-electron chi connectivity index (χ2n) is 4.88. The third-order valence-electron chi connectivity index (χ3n) is 2.77. The molecule has 0 saturated carbocycles. The Hall–Kier alpha value is -0.770. The Kier molecular flexibility index (Phi) is 3.37. The second kappa shape index (κ2) is 4.17. The maximum Gasteiger partial charge on any atom is 0.404 e. The summed E-state index contributed by atoms with van der Waals surface area (Å²) in [5, 5.41) is 11.1. The molecule has 0 bridgehead atoms. The third kappa shape index (κ3) is 3.18. The van der Waals surface area contributed by atoms with Crippen LogP contribution in [-0.4, -0.2) is 40.8 Å². The van der Waals surface area contributed by atoms with E-state index in [-0.39, 0.29) is 11.6 Å². The van der Waals surface area contributed by atoms with Gasteiger partial charge in [0.25, 0.3) is 0 Å². The van der Waals surface area contributed by atoms with Crippen molar-refractivity contribution in [2.24, 2.45) is 0 Å². The lowest BCUT2D eigenvalue weighted by atomic mass is 9.98. The van der Waals surface area contributed by atoms with Crippen LogP contribution in [0.15, 0.2) is 0 Å². The van der Waals surface area contributed by atoms with Gasteiger partial charge in [-0.15, -0.1) is 0 Å². The van der Waals surface area contributed by atoms with Gasteiger partial charge in [-0.2, -0.15) is 0 Å². The van der Waals surface area contributed by atoms with E-state index < -0.39 is 6.09 Å². The van der Waals surface area contributed by atoms with E-state index in [2.05, 4.69) is 31.0 Å². The van der Waals surface area contributed by atoms with Crippen LogP contribution in [0.3, 0.4) is 0 Å². The molecule has 82 valence electrons. The Morgan fingerprint density at radius 1 is 1.36 bits per heavy atom. The van der Waals surface area contributed by atoms with Gasteiger partial charge in [-0.25, -0.2) is 4.79 Å². The zero-order valence-electron chi connectivity index (χ0n) is 9.21. The Labute approximate surface area is 85.3 Å². The van der Waals surface area contributed by atoms with Crippen LogP contribution in [0, 0.1) is 0 Å². The van der Waals surface area contributed by atoms with E-state index in [1.165, 1.54) is 0 Å². The largest absolute Gasteiger partial charge is 0.465 e. The van der Waals surface area contributed by atoms with E-state index in [9.17, 15) is 4.79 Å². The highest BCUT2D eigenvalue weighted by Gasteiger charge is 2.27. The normalized spacial score (nSPS) is 20.8. The van der Waals surface area contributed by atoms with E-state index in [0.29, 0.717) is 0 Å². The molecule has 1 amide bonds. The lowest BCUT2D eigenvalue weighted by Gasteiger charge is -2.40. The molecule has 0 spiro atoms. The predicted octanol–water partition coefficient (Wildman–Crippen LogP) is 1.52. The van der Waals surface area contributed by atoms with E-state index >= 15 is 0 Å². The molecule has 0 atom stereocenters. The van der Waals surface area contributed by atoms with Crippen molar-refractivity contribution in [2.75, 3.05) is 13.1 Å². The molecule has 0 unspecified atom stereocenters. The number of likely N-dealkylation sites (tertiary alicyclic amines) is 1. The molecule has 1 heterocycles. The van der Waals surface area contributed by atoms with Crippen molar-refractivity contribution >= 4 is 6.09 Å². The molecule has 1 fully saturated rings. The number of nitrogens with one attached hydrogen (secondary N) is 1. The summed E-state index contributed by atoms with van der Waals surface area (Å²) in [7, 11) is 0. The lowest BCUT2D eigenvalue weighted by molar-refractivity contribution is 0.0952. The molecule has 1 rings (SSSR count). The molecule has 4 heteroatoms. The van der Waals surface area contributed by atoms with Gasteiger partial charge in [0.15, 0.2) is 0 Å². The number of carbonyl (C=O) groups is 1. The first-order valence-corrected chi connectivity index (χ1v) is 5.14. The van der Waals surface area contributed by atoms with Crippen molar-refractivity contribution < 1.29 is 9.90 Å².